The highest BCUT2D eigenvalue weighted by Crippen LogP contribution is 2.24. The minimum atomic E-state index is -0.0840. The van der Waals surface area contributed by atoms with Crippen LogP contribution in [-0.4, -0.2) is 31.3 Å². The molecular weight excluding hydrogens is 206 g/mol. The molecule has 0 unspecified atom stereocenters. The molecule has 94 valence electrons. The summed E-state index contributed by atoms with van der Waals surface area (Å²) in [5.41, 5.74) is 5.78. The van der Waals surface area contributed by atoms with Gasteiger partial charge >= 0.3 is 5.97 Å². The Kier molecular flexibility index (Phi) is 5.77. The van der Waals surface area contributed by atoms with Gasteiger partial charge < -0.3 is 15.2 Å². The monoisotopic (exact) mass is 229 g/mol. The van der Waals surface area contributed by atoms with Gasteiger partial charge in [-0.2, -0.15) is 0 Å². The molecule has 2 N–H and O–H groups in total. The van der Waals surface area contributed by atoms with Gasteiger partial charge in [0.1, 0.15) is 6.61 Å². The Morgan fingerprint density at radius 3 is 2.44 bits per heavy atom. The highest BCUT2D eigenvalue weighted by Gasteiger charge is 2.25. The van der Waals surface area contributed by atoms with Crippen LogP contribution in [-0.2, 0) is 14.3 Å². The van der Waals surface area contributed by atoms with Gasteiger partial charge in [0.25, 0.3) is 0 Å². The number of carbonyl (C=O) groups is 1. The normalized spacial score (nSPS) is 25.8. The van der Waals surface area contributed by atoms with Gasteiger partial charge in [0, 0.05) is 6.04 Å². The second-order valence-corrected chi connectivity index (χ2v) is 4.70. The van der Waals surface area contributed by atoms with Gasteiger partial charge in [-0.1, -0.05) is 0 Å². The summed E-state index contributed by atoms with van der Waals surface area (Å²) in [5.74, 6) is -0.0295. The summed E-state index contributed by atoms with van der Waals surface area (Å²) < 4.78 is 10.5. The van der Waals surface area contributed by atoms with Crippen molar-refractivity contribution in [1.82, 2.24) is 0 Å². The molecule has 0 aromatic rings. The second kappa shape index (κ2) is 6.86. The third-order valence-corrected chi connectivity index (χ3v) is 2.88. The van der Waals surface area contributed by atoms with Crippen molar-refractivity contribution >= 4 is 5.97 Å². The fourth-order valence-electron chi connectivity index (χ4n) is 1.90. The molecule has 0 spiro atoms. The van der Waals surface area contributed by atoms with E-state index in [9.17, 15) is 4.79 Å². The van der Waals surface area contributed by atoms with Gasteiger partial charge in [-0.25, -0.2) is 0 Å². The van der Waals surface area contributed by atoms with Crippen LogP contribution in [0.1, 0.15) is 39.5 Å². The van der Waals surface area contributed by atoms with Crippen LogP contribution in [0.25, 0.3) is 0 Å². The molecule has 1 fully saturated rings. The van der Waals surface area contributed by atoms with Gasteiger partial charge in [0.2, 0.25) is 0 Å². The third kappa shape index (κ3) is 4.94. The van der Waals surface area contributed by atoms with Crippen LogP contribution in [0.5, 0.6) is 0 Å². The summed E-state index contributed by atoms with van der Waals surface area (Å²) >= 11 is 0. The number of hydrogen-bond acceptors (Lipinski definition) is 4. The topological polar surface area (TPSA) is 61.5 Å². The minimum absolute atomic E-state index is 0.0545. The molecule has 0 heterocycles. The van der Waals surface area contributed by atoms with Crippen LogP contribution < -0.4 is 5.73 Å². The van der Waals surface area contributed by atoms with Gasteiger partial charge in [-0.15, -0.1) is 0 Å². The maximum Gasteiger partial charge on any atom is 0.309 e. The van der Waals surface area contributed by atoms with Gasteiger partial charge in [0.15, 0.2) is 0 Å². The first-order valence-electron chi connectivity index (χ1n) is 6.13. The van der Waals surface area contributed by atoms with Crippen LogP contribution in [0.15, 0.2) is 0 Å². The number of rotatable bonds is 5. The molecule has 0 aliphatic heterocycles. The second-order valence-electron chi connectivity index (χ2n) is 4.70. The summed E-state index contributed by atoms with van der Waals surface area (Å²) in [6, 6.07) is 0.272. The summed E-state index contributed by atoms with van der Waals surface area (Å²) in [5, 5.41) is 0. The van der Waals surface area contributed by atoms with E-state index >= 15 is 0 Å². The fraction of sp³-hybridized carbons (Fsp3) is 0.917. The molecule has 0 radical (unpaired) electrons. The van der Waals surface area contributed by atoms with Crippen molar-refractivity contribution in [3.63, 3.8) is 0 Å². The molecular formula is C12H23NO3. The molecule has 1 aliphatic rings. The Bertz CT molecular complexity index is 210. The van der Waals surface area contributed by atoms with Crippen molar-refractivity contribution < 1.29 is 14.3 Å². The van der Waals surface area contributed by atoms with Crippen molar-refractivity contribution in [2.24, 2.45) is 11.7 Å². The molecule has 0 atom stereocenters. The van der Waals surface area contributed by atoms with E-state index < -0.39 is 0 Å². The number of carbonyl (C=O) groups excluding carboxylic acids is 1. The largest absolute Gasteiger partial charge is 0.463 e. The van der Waals surface area contributed by atoms with E-state index in [0.29, 0.717) is 13.2 Å². The van der Waals surface area contributed by atoms with Crippen LogP contribution >= 0.6 is 0 Å². The molecule has 0 saturated heterocycles. The molecule has 0 bridgehead atoms. The van der Waals surface area contributed by atoms with E-state index in [-0.39, 0.29) is 24.0 Å². The lowest BCUT2D eigenvalue weighted by Gasteiger charge is -2.24. The fourth-order valence-corrected chi connectivity index (χ4v) is 1.90. The summed E-state index contributed by atoms with van der Waals surface area (Å²) in [4.78, 5) is 11.6. The molecule has 1 aliphatic carbocycles. The van der Waals surface area contributed by atoms with Gasteiger partial charge in [0.05, 0.1) is 18.6 Å². The zero-order valence-corrected chi connectivity index (χ0v) is 10.3. The average molecular weight is 229 g/mol. The zero-order valence-electron chi connectivity index (χ0n) is 10.3. The molecule has 0 aromatic carbocycles. The summed E-state index contributed by atoms with van der Waals surface area (Å²) in [6.45, 7) is 4.77. The number of esters is 1. The minimum Gasteiger partial charge on any atom is -0.463 e. The first-order chi connectivity index (χ1) is 7.59. The first kappa shape index (κ1) is 13.5. The Hall–Kier alpha value is -0.610. The Balaban J connectivity index is 2.10. The third-order valence-electron chi connectivity index (χ3n) is 2.88. The molecule has 0 aromatic heterocycles. The Morgan fingerprint density at radius 1 is 1.25 bits per heavy atom. The lowest BCUT2D eigenvalue weighted by Crippen LogP contribution is -2.31. The first-order valence-corrected chi connectivity index (χ1v) is 6.13. The van der Waals surface area contributed by atoms with E-state index in [1.54, 1.807) is 0 Å². The summed E-state index contributed by atoms with van der Waals surface area (Å²) in [7, 11) is 0. The van der Waals surface area contributed by atoms with Crippen molar-refractivity contribution in [3.8, 4) is 0 Å². The highest BCUT2D eigenvalue weighted by molar-refractivity contribution is 5.72. The molecule has 4 heteroatoms. The number of nitrogens with two attached hydrogens (primary N) is 1. The standard InChI is InChI=1S/C12H23NO3/c1-9(2)15-7-8-16-12(14)10-3-5-11(13)6-4-10/h9-11H,3-8,13H2,1-2H3. The van der Waals surface area contributed by atoms with Crippen LogP contribution in [0.2, 0.25) is 0 Å². The quantitative estimate of drug-likeness (QED) is 0.573. The van der Waals surface area contributed by atoms with E-state index in [0.717, 1.165) is 25.7 Å². The smallest absolute Gasteiger partial charge is 0.309 e. The predicted octanol–water partition coefficient (Wildman–Crippen LogP) is 1.47. The van der Waals surface area contributed by atoms with Crippen molar-refractivity contribution in [2.45, 2.75) is 51.7 Å². The van der Waals surface area contributed by atoms with Gasteiger partial charge in [-0.3, -0.25) is 4.79 Å². The van der Waals surface area contributed by atoms with Crippen LogP contribution in [0, 0.1) is 5.92 Å². The van der Waals surface area contributed by atoms with E-state index in [2.05, 4.69) is 0 Å². The maximum absolute atomic E-state index is 11.6. The predicted molar refractivity (Wildman–Crippen MR) is 62.0 cm³/mol. The molecule has 1 rings (SSSR count). The highest BCUT2D eigenvalue weighted by atomic mass is 16.6. The van der Waals surface area contributed by atoms with Gasteiger partial charge in [-0.05, 0) is 39.5 Å². The summed E-state index contributed by atoms with van der Waals surface area (Å²) in [6.07, 6.45) is 3.78. The van der Waals surface area contributed by atoms with E-state index in [1.807, 2.05) is 13.8 Å². The molecule has 16 heavy (non-hydrogen) atoms. The molecule has 4 nitrogen and oxygen atoms in total. The SMILES string of the molecule is CC(C)OCCOC(=O)C1CCC(N)CC1. The van der Waals surface area contributed by atoms with Crippen molar-refractivity contribution in [2.75, 3.05) is 13.2 Å². The maximum atomic E-state index is 11.6. The molecule has 1 saturated carbocycles. The zero-order chi connectivity index (χ0) is 12.0. The van der Waals surface area contributed by atoms with Crippen molar-refractivity contribution in [3.05, 3.63) is 0 Å². The number of hydrogen-bond donors (Lipinski definition) is 1. The Labute approximate surface area is 97.5 Å². The van der Waals surface area contributed by atoms with Crippen LogP contribution in [0.3, 0.4) is 0 Å². The lowest BCUT2D eigenvalue weighted by molar-refractivity contribution is -0.151. The molecule has 0 amide bonds. The van der Waals surface area contributed by atoms with E-state index in [1.165, 1.54) is 0 Å². The number of ether oxygens (including phenoxy) is 2. The Morgan fingerprint density at radius 2 is 1.88 bits per heavy atom. The lowest BCUT2D eigenvalue weighted by atomic mass is 9.86. The average Bonchev–Trinajstić information content (AvgIpc) is 2.25. The van der Waals surface area contributed by atoms with Crippen molar-refractivity contribution in [1.29, 1.82) is 0 Å². The van der Waals surface area contributed by atoms with E-state index in [4.69, 9.17) is 15.2 Å². The van der Waals surface area contributed by atoms with Crippen LogP contribution in [0.4, 0.5) is 0 Å².